The maximum absolute atomic E-state index is 14.9. The Morgan fingerprint density at radius 3 is 2.63 bits per heavy atom. The molecular formula is C37H42ClF2N9O4S. The van der Waals surface area contributed by atoms with Gasteiger partial charge in [-0.1, -0.05) is 35.1 Å². The summed E-state index contributed by atoms with van der Waals surface area (Å²) in [6.45, 7) is 4.47. The summed E-state index contributed by atoms with van der Waals surface area (Å²) in [7, 11) is 7.01. The first-order chi connectivity index (χ1) is 25.8. The lowest BCUT2D eigenvalue weighted by Crippen LogP contribution is -2.59. The van der Waals surface area contributed by atoms with Gasteiger partial charge in [-0.3, -0.25) is 9.59 Å². The molecule has 0 aliphatic carbocycles. The van der Waals surface area contributed by atoms with Crippen LogP contribution in [0.3, 0.4) is 0 Å². The Bertz CT molecular complexity index is 2000. The highest BCUT2D eigenvalue weighted by molar-refractivity contribution is 7.17. The predicted molar refractivity (Wildman–Crippen MR) is 208 cm³/mol. The number of anilines is 5. The Morgan fingerprint density at radius 1 is 1.13 bits per heavy atom. The number of piperazine rings is 1. The molecule has 4 aromatic rings. The first-order valence-electron chi connectivity index (χ1n) is 17.2. The number of ether oxygens (including phenoxy) is 2. The number of carbonyl (C=O) groups excluding carboxylic acids is 2. The molecule has 1 aromatic carbocycles. The van der Waals surface area contributed by atoms with Gasteiger partial charge in [0.15, 0.2) is 22.5 Å². The third-order valence-corrected chi connectivity index (χ3v) is 10.1. The number of para-hydroxylation sites is 1. The number of amides is 2. The zero-order valence-electron chi connectivity index (χ0n) is 30.6. The second-order valence-corrected chi connectivity index (χ2v) is 15.0. The highest BCUT2D eigenvalue weighted by Crippen LogP contribution is 2.40. The molecule has 2 saturated heterocycles. The van der Waals surface area contributed by atoms with Crippen molar-refractivity contribution in [1.82, 2.24) is 24.8 Å². The van der Waals surface area contributed by atoms with Crippen LogP contribution in [-0.4, -0.2) is 122 Å². The normalized spacial score (nSPS) is 16.8. The molecule has 2 aliphatic heterocycles. The van der Waals surface area contributed by atoms with Crippen molar-refractivity contribution >= 4 is 62.9 Å². The second kappa shape index (κ2) is 16.6. The van der Waals surface area contributed by atoms with Gasteiger partial charge in [-0.25, -0.2) is 23.7 Å². The van der Waals surface area contributed by atoms with Crippen LogP contribution in [0.2, 0.25) is 5.02 Å². The highest BCUT2D eigenvalue weighted by Gasteiger charge is 2.41. The molecule has 17 heteroatoms. The number of thiazole rings is 1. The number of hydrogen-bond donors (Lipinski definition) is 2. The van der Waals surface area contributed by atoms with Gasteiger partial charge in [-0.2, -0.15) is 0 Å². The van der Waals surface area contributed by atoms with E-state index in [4.69, 9.17) is 31.0 Å². The van der Waals surface area contributed by atoms with Gasteiger partial charge in [-0.15, -0.1) is 0 Å². The molecule has 0 spiro atoms. The number of nitrogens with zero attached hydrogens (tertiary/aromatic N) is 7. The van der Waals surface area contributed by atoms with Crippen LogP contribution >= 0.6 is 22.9 Å². The third-order valence-electron chi connectivity index (χ3n) is 8.91. The molecule has 2 aliphatic rings. The lowest BCUT2D eigenvalue weighted by atomic mass is 9.97. The monoisotopic (exact) mass is 781 g/mol. The summed E-state index contributed by atoms with van der Waals surface area (Å²) in [5, 5.41) is 6.04. The molecule has 0 saturated carbocycles. The van der Waals surface area contributed by atoms with Gasteiger partial charge >= 0.3 is 0 Å². The molecule has 286 valence electrons. The standard InChI is InChI=1S/C37H42ClF2N9O4S/c1-37(40)21-48(22-37)28-16-23(17-41-34(28)47-14-15-49(24(19-47)20-52-4)31(50)10-7-13-46(2)3)27-11-12-29(53-5)33(43-27)45-36-42-18-30(54-36)35(51)44-32-25(38)8-6-9-26(32)39/h6-12,16-18,24H,13-15,19-22H2,1-5H3,(H,44,51)(H,42,43,45)/b10-7+. The number of benzene rings is 1. The SMILES string of the molecule is COCC1CN(c2ncc(-c3ccc(OC)c(Nc4ncc(C(=O)Nc5c(F)cccc5Cl)s4)n3)cc2N2CC(C)(F)C2)CCN1C(=O)/C=C/CN(C)C. The van der Waals surface area contributed by atoms with Crippen LogP contribution < -0.4 is 25.2 Å². The number of pyridine rings is 2. The molecule has 2 N–H and O–H groups in total. The van der Waals surface area contributed by atoms with Crippen molar-refractivity contribution in [3.05, 3.63) is 76.7 Å². The van der Waals surface area contributed by atoms with Gasteiger partial charge in [0.25, 0.3) is 5.91 Å². The summed E-state index contributed by atoms with van der Waals surface area (Å²) in [6.07, 6.45) is 6.54. The molecule has 3 aromatic heterocycles. The van der Waals surface area contributed by atoms with Gasteiger partial charge in [0.1, 0.15) is 16.4 Å². The summed E-state index contributed by atoms with van der Waals surface area (Å²) < 4.78 is 40.3. The van der Waals surface area contributed by atoms with Crippen LogP contribution in [0, 0.1) is 5.82 Å². The number of likely N-dealkylation sites (N-methyl/N-ethyl adjacent to an activating group) is 1. The van der Waals surface area contributed by atoms with E-state index in [-0.39, 0.29) is 40.6 Å². The van der Waals surface area contributed by atoms with E-state index in [0.29, 0.717) is 66.6 Å². The van der Waals surface area contributed by atoms with E-state index in [9.17, 15) is 18.4 Å². The zero-order chi connectivity index (χ0) is 38.6. The molecule has 0 bridgehead atoms. The molecule has 1 atom stereocenters. The van der Waals surface area contributed by atoms with E-state index in [1.807, 2.05) is 40.9 Å². The lowest BCUT2D eigenvalue weighted by Gasteiger charge is -2.47. The van der Waals surface area contributed by atoms with Gasteiger partial charge < -0.3 is 39.7 Å². The molecule has 2 amide bonds. The number of rotatable bonds is 13. The minimum atomic E-state index is -1.34. The van der Waals surface area contributed by atoms with Crippen LogP contribution in [0.15, 0.2) is 60.9 Å². The number of carbonyl (C=O) groups is 2. The van der Waals surface area contributed by atoms with Gasteiger partial charge in [0, 0.05) is 51.1 Å². The molecule has 0 radical (unpaired) electrons. The van der Waals surface area contributed by atoms with Gasteiger partial charge in [-0.05, 0) is 51.4 Å². The topological polar surface area (TPSA) is 128 Å². The van der Waals surface area contributed by atoms with Crippen LogP contribution in [-0.2, 0) is 9.53 Å². The van der Waals surface area contributed by atoms with E-state index in [0.717, 1.165) is 17.0 Å². The molecule has 1 unspecified atom stereocenters. The van der Waals surface area contributed by atoms with Crippen LogP contribution in [0.25, 0.3) is 11.3 Å². The van der Waals surface area contributed by atoms with E-state index < -0.39 is 17.4 Å². The zero-order valence-corrected chi connectivity index (χ0v) is 32.2. The molecule has 13 nitrogen and oxygen atoms in total. The predicted octanol–water partition coefficient (Wildman–Crippen LogP) is 5.73. The maximum atomic E-state index is 14.9. The number of alkyl halides is 1. The minimum Gasteiger partial charge on any atom is -0.493 e. The van der Waals surface area contributed by atoms with E-state index in [1.165, 1.54) is 31.5 Å². The molecule has 5 heterocycles. The summed E-state index contributed by atoms with van der Waals surface area (Å²) in [6, 6.07) is 9.41. The van der Waals surface area contributed by atoms with Crippen molar-refractivity contribution in [2.75, 3.05) is 94.6 Å². The fourth-order valence-corrected chi connectivity index (χ4v) is 7.23. The largest absolute Gasteiger partial charge is 0.493 e. The first-order valence-corrected chi connectivity index (χ1v) is 18.4. The molecular weight excluding hydrogens is 740 g/mol. The van der Waals surface area contributed by atoms with Gasteiger partial charge in [0.2, 0.25) is 5.91 Å². The quantitative estimate of drug-likeness (QED) is 0.162. The van der Waals surface area contributed by atoms with Crippen molar-refractivity contribution in [2.45, 2.75) is 18.6 Å². The summed E-state index contributed by atoms with van der Waals surface area (Å²) in [4.78, 5) is 48.2. The van der Waals surface area contributed by atoms with E-state index in [1.54, 1.807) is 38.4 Å². The van der Waals surface area contributed by atoms with E-state index >= 15 is 0 Å². The van der Waals surface area contributed by atoms with Crippen LogP contribution in [0.5, 0.6) is 5.75 Å². The Hall–Kier alpha value is -4.90. The number of halogens is 3. The maximum Gasteiger partial charge on any atom is 0.267 e. The number of methoxy groups -OCH3 is 2. The average molecular weight is 782 g/mol. The fourth-order valence-electron chi connectivity index (χ4n) is 6.31. The first kappa shape index (κ1) is 38.8. The average Bonchev–Trinajstić information content (AvgIpc) is 3.60. The molecule has 54 heavy (non-hydrogen) atoms. The van der Waals surface area contributed by atoms with Crippen molar-refractivity contribution < 1.29 is 27.8 Å². The van der Waals surface area contributed by atoms with Crippen molar-refractivity contribution in [3.8, 4) is 17.0 Å². The number of nitrogens with one attached hydrogen (secondary N) is 2. The molecule has 2 fully saturated rings. The second-order valence-electron chi connectivity index (χ2n) is 13.5. The molecule has 6 rings (SSSR count). The minimum absolute atomic E-state index is 0.0715. The fraction of sp³-hybridized carbons (Fsp3) is 0.378. The van der Waals surface area contributed by atoms with Crippen LogP contribution in [0.4, 0.5) is 36.9 Å². The van der Waals surface area contributed by atoms with Crippen molar-refractivity contribution in [1.29, 1.82) is 0 Å². The third kappa shape index (κ3) is 8.89. The Balaban J connectivity index is 1.24. The lowest BCUT2D eigenvalue weighted by molar-refractivity contribution is -0.129. The highest BCUT2D eigenvalue weighted by atomic mass is 35.5. The Labute approximate surface area is 321 Å². The van der Waals surface area contributed by atoms with Crippen LogP contribution in [0.1, 0.15) is 16.6 Å². The van der Waals surface area contributed by atoms with Crippen molar-refractivity contribution in [3.63, 3.8) is 0 Å². The van der Waals surface area contributed by atoms with Crippen molar-refractivity contribution in [2.24, 2.45) is 0 Å². The number of aromatic nitrogens is 3. The van der Waals surface area contributed by atoms with E-state index in [2.05, 4.69) is 20.5 Å². The number of hydrogen-bond acceptors (Lipinski definition) is 12. The smallest absolute Gasteiger partial charge is 0.267 e. The Kier molecular flexibility index (Phi) is 12.0. The Morgan fingerprint density at radius 2 is 1.93 bits per heavy atom. The summed E-state index contributed by atoms with van der Waals surface area (Å²) in [5.41, 5.74) is 0.537. The summed E-state index contributed by atoms with van der Waals surface area (Å²) >= 11 is 7.12. The van der Waals surface area contributed by atoms with Gasteiger partial charge in [0.05, 0.1) is 61.1 Å². The summed E-state index contributed by atoms with van der Waals surface area (Å²) in [5.74, 6) is 0.139.